The molecule has 2 rings (SSSR count). The molecule has 7 heteroatoms. The molecule has 20 heavy (non-hydrogen) atoms. The van der Waals surface area contributed by atoms with E-state index in [2.05, 4.69) is 15.5 Å². The maximum atomic E-state index is 11.7. The van der Waals surface area contributed by atoms with Crippen LogP contribution in [-0.4, -0.2) is 23.2 Å². The zero-order valence-corrected chi connectivity index (χ0v) is 12.5. The van der Waals surface area contributed by atoms with Crippen molar-refractivity contribution in [3.63, 3.8) is 0 Å². The topological polar surface area (TPSA) is 64.1 Å². The summed E-state index contributed by atoms with van der Waals surface area (Å²) in [4.78, 5) is 11.7. The molecule has 1 amide bonds. The minimum absolute atomic E-state index is 0.289. The van der Waals surface area contributed by atoms with E-state index in [0.29, 0.717) is 15.9 Å². The van der Waals surface area contributed by atoms with Gasteiger partial charge < -0.3 is 4.74 Å². The number of carbonyl (C=O) groups is 1. The highest BCUT2D eigenvalue weighted by molar-refractivity contribution is 7.15. The number of hydrogen-bond donors (Lipinski definition) is 1. The van der Waals surface area contributed by atoms with Gasteiger partial charge in [0, 0.05) is 16.7 Å². The van der Waals surface area contributed by atoms with Gasteiger partial charge in [-0.05, 0) is 31.2 Å². The number of ether oxygens (including phenoxy) is 1. The van der Waals surface area contributed by atoms with E-state index in [1.165, 1.54) is 17.4 Å². The molecule has 0 aliphatic rings. The molecule has 1 aromatic carbocycles. The molecule has 5 nitrogen and oxygen atoms in total. The Morgan fingerprint density at radius 3 is 2.90 bits per heavy atom. The predicted molar refractivity (Wildman–Crippen MR) is 80.3 cm³/mol. The lowest BCUT2D eigenvalue weighted by atomic mass is 10.2. The summed E-state index contributed by atoms with van der Waals surface area (Å²) in [6.07, 6.45) is 3.03. The van der Waals surface area contributed by atoms with Crippen LogP contribution in [0.4, 0.5) is 5.13 Å². The molecule has 0 aliphatic heterocycles. The zero-order valence-electron chi connectivity index (χ0n) is 10.9. The van der Waals surface area contributed by atoms with Gasteiger partial charge in [0.25, 0.3) is 0 Å². The molecule has 104 valence electrons. The van der Waals surface area contributed by atoms with Crippen molar-refractivity contribution in [1.82, 2.24) is 10.2 Å². The number of carbonyl (C=O) groups excluding carboxylic acids is 1. The second-order valence-corrected chi connectivity index (χ2v) is 5.45. The molecule has 0 saturated heterocycles. The Hall–Kier alpha value is -1.92. The van der Waals surface area contributed by atoms with Crippen molar-refractivity contribution < 1.29 is 9.53 Å². The number of halogens is 1. The Labute approximate surface area is 125 Å². The van der Waals surface area contributed by atoms with E-state index < -0.39 is 0 Å². The van der Waals surface area contributed by atoms with Crippen LogP contribution in [0.1, 0.15) is 10.6 Å². The monoisotopic (exact) mass is 309 g/mol. The van der Waals surface area contributed by atoms with Crippen molar-refractivity contribution in [2.75, 3.05) is 12.4 Å². The third-order valence-corrected chi connectivity index (χ3v) is 3.35. The minimum atomic E-state index is -0.289. The van der Waals surface area contributed by atoms with Crippen LogP contribution in [-0.2, 0) is 4.79 Å². The van der Waals surface area contributed by atoms with E-state index in [-0.39, 0.29) is 5.91 Å². The van der Waals surface area contributed by atoms with E-state index in [1.54, 1.807) is 31.4 Å². The van der Waals surface area contributed by atoms with Gasteiger partial charge in [-0.25, -0.2) is 0 Å². The van der Waals surface area contributed by atoms with Gasteiger partial charge >= 0.3 is 0 Å². The number of hydrogen-bond acceptors (Lipinski definition) is 5. The van der Waals surface area contributed by atoms with Crippen molar-refractivity contribution in [1.29, 1.82) is 0 Å². The highest BCUT2D eigenvalue weighted by atomic mass is 35.5. The van der Waals surface area contributed by atoms with Crippen molar-refractivity contribution in [3.8, 4) is 5.75 Å². The average molecular weight is 310 g/mol. The first-order chi connectivity index (χ1) is 9.58. The summed E-state index contributed by atoms with van der Waals surface area (Å²) in [5.74, 6) is 0.355. The van der Waals surface area contributed by atoms with Gasteiger partial charge in [0.15, 0.2) is 0 Å². The van der Waals surface area contributed by atoms with Crippen molar-refractivity contribution in [3.05, 3.63) is 39.9 Å². The van der Waals surface area contributed by atoms with Gasteiger partial charge in [0.2, 0.25) is 11.0 Å². The molecule has 0 bridgehead atoms. The van der Waals surface area contributed by atoms with Crippen LogP contribution in [0.25, 0.3) is 6.08 Å². The summed E-state index contributed by atoms with van der Waals surface area (Å²) < 4.78 is 5.19. The van der Waals surface area contributed by atoms with Gasteiger partial charge in [-0.15, -0.1) is 10.2 Å². The standard InChI is InChI=1S/C13H12ClN3O2S/c1-8-16-17-13(20-8)15-12(18)6-3-9-7-10(14)4-5-11(9)19-2/h3-7H,1-2H3,(H,15,17,18). The first-order valence-electron chi connectivity index (χ1n) is 5.71. The van der Waals surface area contributed by atoms with E-state index in [0.717, 1.165) is 10.6 Å². The molecule has 1 heterocycles. The number of benzene rings is 1. The summed E-state index contributed by atoms with van der Waals surface area (Å²) in [7, 11) is 1.56. The molecule has 0 fully saturated rings. The number of nitrogens with zero attached hydrogens (tertiary/aromatic N) is 2. The first-order valence-corrected chi connectivity index (χ1v) is 6.90. The van der Waals surface area contributed by atoms with E-state index in [9.17, 15) is 4.79 Å². The lowest BCUT2D eigenvalue weighted by molar-refractivity contribution is -0.111. The number of rotatable bonds is 4. The predicted octanol–water partition coefficient (Wildman–Crippen LogP) is 3.16. The number of aryl methyl sites for hydroxylation is 1. The molecule has 0 radical (unpaired) electrons. The number of amides is 1. The SMILES string of the molecule is COc1ccc(Cl)cc1C=CC(=O)Nc1nnc(C)s1. The summed E-state index contributed by atoms with van der Waals surface area (Å²) in [5.41, 5.74) is 0.726. The first kappa shape index (κ1) is 14.5. The third kappa shape index (κ3) is 3.79. The Morgan fingerprint density at radius 1 is 1.45 bits per heavy atom. The highest BCUT2D eigenvalue weighted by Gasteiger charge is 2.04. The quantitative estimate of drug-likeness (QED) is 0.881. The fourth-order valence-electron chi connectivity index (χ4n) is 1.50. The average Bonchev–Trinajstić information content (AvgIpc) is 2.82. The Bertz CT molecular complexity index is 655. The molecule has 0 spiro atoms. The lowest BCUT2D eigenvalue weighted by Crippen LogP contribution is -2.07. The highest BCUT2D eigenvalue weighted by Crippen LogP contribution is 2.23. The van der Waals surface area contributed by atoms with Crippen LogP contribution >= 0.6 is 22.9 Å². The number of anilines is 1. The van der Waals surface area contributed by atoms with E-state index in [4.69, 9.17) is 16.3 Å². The molecule has 2 aromatic rings. The second kappa shape index (κ2) is 6.49. The molecular formula is C13H12ClN3O2S. The maximum absolute atomic E-state index is 11.7. The molecule has 1 aromatic heterocycles. The Morgan fingerprint density at radius 2 is 2.25 bits per heavy atom. The second-order valence-electron chi connectivity index (χ2n) is 3.84. The lowest BCUT2D eigenvalue weighted by Gasteiger charge is -2.04. The van der Waals surface area contributed by atoms with Crippen LogP contribution in [0.5, 0.6) is 5.75 Å². The Kier molecular flexibility index (Phi) is 4.70. The minimum Gasteiger partial charge on any atom is -0.496 e. The van der Waals surface area contributed by atoms with E-state index in [1.807, 2.05) is 6.92 Å². The molecule has 0 atom stereocenters. The summed E-state index contributed by atoms with van der Waals surface area (Å²) in [6, 6.07) is 5.19. The summed E-state index contributed by atoms with van der Waals surface area (Å²) in [6.45, 7) is 1.82. The van der Waals surface area contributed by atoms with Crippen LogP contribution in [0.15, 0.2) is 24.3 Å². The van der Waals surface area contributed by atoms with Gasteiger partial charge in [-0.3, -0.25) is 10.1 Å². The van der Waals surface area contributed by atoms with Gasteiger partial charge in [0.05, 0.1) is 7.11 Å². The normalized spacial score (nSPS) is 10.8. The summed E-state index contributed by atoms with van der Waals surface area (Å²) >= 11 is 7.23. The molecule has 1 N–H and O–H groups in total. The molecule has 0 saturated carbocycles. The largest absolute Gasteiger partial charge is 0.496 e. The molecular weight excluding hydrogens is 298 g/mol. The smallest absolute Gasteiger partial charge is 0.250 e. The maximum Gasteiger partial charge on any atom is 0.250 e. The molecule has 0 unspecified atom stereocenters. The van der Waals surface area contributed by atoms with Gasteiger partial charge in [-0.1, -0.05) is 22.9 Å². The van der Waals surface area contributed by atoms with Crippen LogP contribution in [0, 0.1) is 6.92 Å². The van der Waals surface area contributed by atoms with Crippen molar-refractivity contribution in [2.24, 2.45) is 0 Å². The fourth-order valence-corrected chi connectivity index (χ4v) is 2.27. The van der Waals surface area contributed by atoms with Gasteiger partial charge in [-0.2, -0.15) is 0 Å². The van der Waals surface area contributed by atoms with Gasteiger partial charge in [0.1, 0.15) is 10.8 Å². The molecule has 0 aliphatic carbocycles. The third-order valence-electron chi connectivity index (χ3n) is 2.36. The van der Waals surface area contributed by atoms with Crippen LogP contribution < -0.4 is 10.1 Å². The number of methoxy groups -OCH3 is 1. The summed E-state index contributed by atoms with van der Waals surface area (Å²) in [5, 5.41) is 12.1. The van der Waals surface area contributed by atoms with Crippen molar-refractivity contribution >= 4 is 40.1 Å². The van der Waals surface area contributed by atoms with Crippen LogP contribution in [0.2, 0.25) is 5.02 Å². The van der Waals surface area contributed by atoms with Crippen LogP contribution in [0.3, 0.4) is 0 Å². The fraction of sp³-hybridized carbons (Fsp3) is 0.154. The number of nitrogens with one attached hydrogen (secondary N) is 1. The Balaban J connectivity index is 2.09. The number of aromatic nitrogens is 2. The van der Waals surface area contributed by atoms with E-state index >= 15 is 0 Å². The van der Waals surface area contributed by atoms with Crippen molar-refractivity contribution in [2.45, 2.75) is 6.92 Å². The zero-order chi connectivity index (χ0) is 14.5.